The third-order valence-electron chi connectivity index (χ3n) is 6.40. The van der Waals surface area contributed by atoms with Crippen LogP contribution in [0, 0.1) is 11.6 Å². The van der Waals surface area contributed by atoms with Crippen LogP contribution in [0.4, 0.5) is 8.78 Å². The summed E-state index contributed by atoms with van der Waals surface area (Å²) >= 11 is 0. The van der Waals surface area contributed by atoms with Crippen LogP contribution in [0.3, 0.4) is 0 Å². The second-order valence-corrected chi connectivity index (χ2v) is 8.79. The molecule has 1 fully saturated rings. The summed E-state index contributed by atoms with van der Waals surface area (Å²) in [5, 5.41) is 15.3. The van der Waals surface area contributed by atoms with Crippen LogP contribution in [-0.2, 0) is 0 Å². The van der Waals surface area contributed by atoms with E-state index < -0.39 is 6.10 Å². The fourth-order valence-corrected chi connectivity index (χ4v) is 4.56. The van der Waals surface area contributed by atoms with E-state index in [1.165, 1.54) is 29.8 Å². The molecule has 2 heterocycles. The molecule has 1 aliphatic heterocycles. The monoisotopic (exact) mass is 464 g/mol. The van der Waals surface area contributed by atoms with Crippen LogP contribution in [0.1, 0.15) is 24.3 Å². The van der Waals surface area contributed by atoms with Gasteiger partial charge in [-0.05, 0) is 85.9 Å². The van der Waals surface area contributed by atoms with E-state index in [0.717, 1.165) is 36.9 Å². The number of aliphatic hydroxyl groups is 1. The minimum Gasteiger partial charge on any atom is -0.491 e. The first-order valence-electron chi connectivity index (χ1n) is 11.5. The van der Waals surface area contributed by atoms with E-state index in [1.54, 1.807) is 6.07 Å². The quantitative estimate of drug-likeness (QED) is 0.397. The van der Waals surface area contributed by atoms with Gasteiger partial charge in [0.05, 0.1) is 0 Å². The second-order valence-electron chi connectivity index (χ2n) is 8.79. The van der Waals surface area contributed by atoms with Gasteiger partial charge in [0, 0.05) is 23.6 Å². The maximum absolute atomic E-state index is 13.4. The highest BCUT2D eigenvalue weighted by molar-refractivity contribution is 5.91. The SMILES string of the molecule is OC(COc1ccc(-c2noc3cc(F)ccc23)cc1)CN1CCC(c2ccc(F)cc2)CC1. The van der Waals surface area contributed by atoms with Crippen LogP contribution in [0.2, 0.25) is 0 Å². The van der Waals surface area contributed by atoms with Crippen LogP contribution in [0.15, 0.2) is 71.3 Å². The van der Waals surface area contributed by atoms with E-state index in [-0.39, 0.29) is 18.2 Å². The normalized spacial score (nSPS) is 16.1. The number of piperidine rings is 1. The fourth-order valence-electron chi connectivity index (χ4n) is 4.56. The molecule has 1 atom stereocenters. The van der Waals surface area contributed by atoms with Crippen LogP contribution in [0.25, 0.3) is 22.2 Å². The maximum atomic E-state index is 13.4. The predicted octanol–water partition coefficient (Wildman–Crippen LogP) is 5.39. The van der Waals surface area contributed by atoms with E-state index in [1.807, 2.05) is 36.4 Å². The molecule has 34 heavy (non-hydrogen) atoms. The van der Waals surface area contributed by atoms with Crippen LogP contribution < -0.4 is 4.74 Å². The number of fused-ring (bicyclic) bond motifs is 1. The van der Waals surface area contributed by atoms with Crippen molar-refractivity contribution in [2.24, 2.45) is 0 Å². The summed E-state index contributed by atoms with van der Waals surface area (Å²) < 4.78 is 37.5. The van der Waals surface area contributed by atoms with Gasteiger partial charge in [-0.2, -0.15) is 0 Å². The molecule has 0 bridgehead atoms. The summed E-state index contributed by atoms with van der Waals surface area (Å²) in [6.45, 7) is 2.53. The lowest BCUT2D eigenvalue weighted by molar-refractivity contribution is 0.0594. The van der Waals surface area contributed by atoms with Crippen LogP contribution in [0.5, 0.6) is 5.75 Å². The third-order valence-corrected chi connectivity index (χ3v) is 6.40. The van der Waals surface area contributed by atoms with Gasteiger partial charge in [-0.15, -0.1) is 0 Å². The lowest BCUT2D eigenvalue weighted by Gasteiger charge is -2.33. The third kappa shape index (κ3) is 5.11. The average molecular weight is 465 g/mol. The number of benzene rings is 3. The molecular formula is C27H26F2N2O3. The molecule has 1 aliphatic rings. The van der Waals surface area contributed by atoms with Gasteiger partial charge in [-0.25, -0.2) is 8.78 Å². The number of nitrogens with zero attached hydrogens (tertiary/aromatic N) is 2. The summed E-state index contributed by atoms with van der Waals surface area (Å²) in [7, 11) is 0. The Labute approximate surface area is 196 Å². The zero-order valence-corrected chi connectivity index (χ0v) is 18.7. The highest BCUT2D eigenvalue weighted by Crippen LogP contribution is 2.30. The molecule has 1 unspecified atom stereocenters. The highest BCUT2D eigenvalue weighted by atomic mass is 19.1. The number of hydrogen-bond acceptors (Lipinski definition) is 5. The molecule has 1 saturated heterocycles. The zero-order valence-electron chi connectivity index (χ0n) is 18.7. The lowest BCUT2D eigenvalue weighted by atomic mass is 9.89. The summed E-state index contributed by atoms with van der Waals surface area (Å²) in [6.07, 6.45) is 1.38. The van der Waals surface area contributed by atoms with Crippen molar-refractivity contribution < 1.29 is 23.1 Å². The Hall–Kier alpha value is -3.29. The van der Waals surface area contributed by atoms with Gasteiger partial charge < -0.3 is 19.3 Å². The van der Waals surface area contributed by atoms with Crippen molar-refractivity contribution in [2.75, 3.05) is 26.2 Å². The Morgan fingerprint density at radius 2 is 1.68 bits per heavy atom. The number of likely N-dealkylation sites (tertiary alicyclic amines) is 1. The van der Waals surface area contributed by atoms with Crippen molar-refractivity contribution in [1.82, 2.24) is 10.1 Å². The van der Waals surface area contributed by atoms with Crippen molar-refractivity contribution >= 4 is 11.0 Å². The minimum atomic E-state index is -0.601. The molecule has 0 saturated carbocycles. The molecule has 3 aromatic carbocycles. The van der Waals surface area contributed by atoms with Crippen molar-refractivity contribution in [3.8, 4) is 17.0 Å². The number of β-amino-alcohol motifs (C(OH)–C–C–N with tert-alkyl or cyclic N) is 1. The molecule has 4 aromatic rings. The lowest BCUT2D eigenvalue weighted by Crippen LogP contribution is -2.40. The van der Waals surface area contributed by atoms with E-state index in [2.05, 4.69) is 10.1 Å². The number of aromatic nitrogens is 1. The topological polar surface area (TPSA) is 58.7 Å². The average Bonchev–Trinajstić information content (AvgIpc) is 3.27. The predicted molar refractivity (Wildman–Crippen MR) is 126 cm³/mol. The van der Waals surface area contributed by atoms with Crippen molar-refractivity contribution in [2.45, 2.75) is 24.9 Å². The second kappa shape index (κ2) is 9.91. The molecule has 0 aliphatic carbocycles. The van der Waals surface area contributed by atoms with Gasteiger partial charge in [-0.3, -0.25) is 0 Å². The molecular weight excluding hydrogens is 438 g/mol. The summed E-state index contributed by atoms with van der Waals surface area (Å²) in [5.41, 5.74) is 3.06. The Bertz CT molecular complexity index is 1230. The van der Waals surface area contributed by atoms with E-state index in [4.69, 9.17) is 9.26 Å². The molecule has 0 amide bonds. The number of hydrogen-bond donors (Lipinski definition) is 1. The number of ether oxygens (including phenoxy) is 1. The van der Waals surface area contributed by atoms with Crippen molar-refractivity contribution in [3.05, 3.63) is 83.9 Å². The Kier molecular flexibility index (Phi) is 6.56. The van der Waals surface area contributed by atoms with E-state index in [0.29, 0.717) is 29.5 Å². The van der Waals surface area contributed by atoms with E-state index >= 15 is 0 Å². The Morgan fingerprint density at radius 3 is 2.41 bits per heavy atom. The Balaban J connectivity index is 1.10. The first-order chi connectivity index (χ1) is 16.5. The molecule has 5 rings (SSSR count). The first-order valence-corrected chi connectivity index (χ1v) is 11.5. The number of rotatable bonds is 7. The van der Waals surface area contributed by atoms with Gasteiger partial charge in [0.15, 0.2) is 5.58 Å². The molecule has 176 valence electrons. The van der Waals surface area contributed by atoms with Crippen molar-refractivity contribution in [1.29, 1.82) is 0 Å². The van der Waals surface area contributed by atoms with Crippen molar-refractivity contribution in [3.63, 3.8) is 0 Å². The number of aliphatic hydroxyl groups excluding tert-OH is 1. The molecule has 0 spiro atoms. The maximum Gasteiger partial charge on any atom is 0.170 e. The van der Waals surface area contributed by atoms with Gasteiger partial charge in [0.1, 0.15) is 35.8 Å². The highest BCUT2D eigenvalue weighted by Gasteiger charge is 2.22. The van der Waals surface area contributed by atoms with Gasteiger partial charge in [-0.1, -0.05) is 17.3 Å². The van der Waals surface area contributed by atoms with Gasteiger partial charge in [0.25, 0.3) is 0 Å². The van der Waals surface area contributed by atoms with Gasteiger partial charge >= 0.3 is 0 Å². The summed E-state index contributed by atoms with van der Waals surface area (Å²) in [4.78, 5) is 2.25. The minimum absolute atomic E-state index is 0.198. The number of halogens is 2. The summed E-state index contributed by atoms with van der Waals surface area (Å²) in [6, 6.07) is 18.5. The molecule has 7 heteroatoms. The van der Waals surface area contributed by atoms with Crippen LogP contribution in [-0.4, -0.2) is 47.5 Å². The summed E-state index contributed by atoms with van der Waals surface area (Å²) in [5.74, 6) is 0.512. The molecule has 1 aromatic heterocycles. The van der Waals surface area contributed by atoms with Gasteiger partial charge in [0.2, 0.25) is 0 Å². The molecule has 1 N–H and O–H groups in total. The first kappa shape index (κ1) is 22.5. The standard InChI is InChI=1S/C27H26F2N2O3/c28-21-5-1-18(2-6-21)19-11-13-31(14-12-19)16-23(32)17-33-24-8-3-20(4-9-24)27-25-10-7-22(29)15-26(25)34-30-27/h1-10,15,19,23,32H,11-14,16-17H2. The Morgan fingerprint density at radius 1 is 0.971 bits per heavy atom. The molecule has 0 radical (unpaired) electrons. The largest absolute Gasteiger partial charge is 0.491 e. The van der Waals surface area contributed by atoms with Crippen LogP contribution >= 0.6 is 0 Å². The molecule has 5 nitrogen and oxygen atoms in total. The zero-order chi connectivity index (χ0) is 23.5. The van der Waals surface area contributed by atoms with E-state index in [9.17, 15) is 13.9 Å². The smallest absolute Gasteiger partial charge is 0.170 e. The fraction of sp³-hybridized carbons (Fsp3) is 0.296.